The van der Waals surface area contributed by atoms with Crippen molar-refractivity contribution < 1.29 is 14.3 Å². The van der Waals surface area contributed by atoms with E-state index in [4.69, 9.17) is 14.7 Å². The molecule has 2 aromatic rings. The molecule has 1 heterocycles. The number of carbonyl (C=O) groups is 1. The second-order valence-electron chi connectivity index (χ2n) is 5.19. The van der Waals surface area contributed by atoms with Crippen LogP contribution in [-0.4, -0.2) is 38.6 Å². The molecule has 0 spiro atoms. The fraction of sp³-hybridized carbons (Fsp3) is 0.294. The number of ether oxygens (including phenoxy) is 2. The van der Waals surface area contributed by atoms with Gasteiger partial charge in [-0.3, -0.25) is 9.69 Å². The molecular weight excluding hydrogens is 326 g/mol. The molecule has 0 saturated carbocycles. The van der Waals surface area contributed by atoms with E-state index in [-0.39, 0.29) is 12.5 Å². The maximum Gasteiger partial charge on any atom is 0.239 e. The number of hydrogen-bond donors (Lipinski definition) is 1. The topological polar surface area (TPSA) is 74.6 Å². The number of benzene rings is 1. The van der Waals surface area contributed by atoms with Crippen LogP contribution in [0.1, 0.15) is 11.1 Å². The van der Waals surface area contributed by atoms with Crippen molar-refractivity contribution in [3.63, 3.8) is 0 Å². The molecule has 1 aromatic heterocycles. The Labute approximate surface area is 145 Å². The van der Waals surface area contributed by atoms with Crippen molar-refractivity contribution in [3.05, 3.63) is 40.8 Å². The first-order valence-electron chi connectivity index (χ1n) is 7.24. The summed E-state index contributed by atoms with van der Waals surface area (Å²) in [6, 6.07) is 9.40. The van der Waals surface area contributed by atoms with Crippen molar-refractivity contribution in [1.29, 1.82) is 5.26 Å². The lowest BCUT2D eigenvalue weighted by molar-refractivity contribution is -0.117. The van der Waals surface area contributed by atoms with E-state index in [1.807, 2.05) is 30.1 Å². The lowest BCUT2D eigenvalue weighted by Crippen LogP contribution is -2.29. The summed E-state index contributed by atoms with van der Waals surface area (Å²) in [5.41, 5.74) is 1.49. The Balaban J connectivity index is 1.94. The molecule has 0 aliphatic carbocycles. The quantitative estimate of drug-likeness (QED) is 0.835. The Morgan fingerprint density at radius 3 is 2.71 bits per heavy atom. The predicted molar refractivity (Wildman–Crippen MR) is 93.5 cm³/mol. The molecule has 0 aliphatic heterocycles. The van der Waals surface area contributed by atoms with E-state index in [0.717, 1.165) is 5.56 Å². The van der Waals surface area contributed by atoms with Gasteiger partial charge in [0.2, 0.25) is 5.91 Å². The third-order valence-electron chi connectivity index (χ3n) is 3.35. The number of anilines is 1. The van der Waals surface area contributed by atoms with Gasteiger partial charge in [0.15, 0.2) is 11.5 Å². The van der Waals surface area contributed by atoms with Crippen LogP contribution in [-0.2, 0) is 11.3 Å². The van der Waals surface area contributed by atoms with Crippen LogP contribution in [0.2, 0.25) is 0 Å². The van der Waals surface area contributed by atoms with Gasteiger partial charge in [-0.05, 0) is 36.2 Å². The molecule has 0 fully saturated rings. The largest absolute Gasteiger partial charge is 0.493 e. The Morgan fingerprint density at radius 1 is 1.29 bits per heavy atom. The fourth-order valence-electron chi connectivity index (χ4n) is 2.25. The lowest BCUT2D eigenvalue weighted by atomic mass is 10.2. The molecule has 6 nitrogen and oxygen atoms in total. The number of nitrogens with one attached hydrogen (secondary N) is 1. The van der Waals surface area contributed by atoms with E-state index in [9.17, 15) is 4.79 Å². The number of carbonyl (C=O) groups excluding carboxylic acids is 1. The van der Waals surface area contributed by atoms with E-state index in [1.165, 1.54) is 11.3 Å². The zero-order valence-corrected chi connectivity index (χ0v) is 14.6. The molecule has 7 heteroatoms. The Bertz CT molecular complexity index is 752. The maximum absolute atomic E-state index is 12.1. The normalized spacial score (nSPS) is 10.3. The highest BCUT2D eigenvalue weighted by molar-refractivity contribution is 7.14. The fourth-order valence-corrected chi connectivity index (χ4v) is 3.01. The summed E-state index contributed by atoms with van der Waals surface area (Å²) in [6.07, 6.45) is 0. The van der Waals surface area contributed by atoms with Crippen molar-refractivity contribution in [2.24, 2.45) is 0 Å². The number of amides is 1. The highest BCUT2D eigenvalue weighted by Crippen LogP contribution is 2.28. The summed E-state index contributed by atoms with van der Waals surface area (Å²) in [4.78, 5) is 14.0. The van der Waals surface area contributed by atoms with Gasteiger partial charge in [0.05, 0.1) is 26.3 Å². The number of methoxy groups -OCH3 is 2. The van der Waals surface area contributed by atoms with E-state index >= 15 is 0 Å². The minimum atomic E-state index is -0.156. The third-order valence-corrected chi connectivity index (χ3v) is 4.18. The third kappa shape index (κ3) is 4.47. The average molecular weight is 345 g/mol. The van der Waals surface area contributed by atoms with Crippen LogP contribution in [0.3, 0.4) is 0 Å². The van der Waals surface area contributed by atoms with Crippen LogP contribution in [0.4, 0.5) is 5.00 Å². The molecule has 0 bridgehead atoms. The Hall–Kier alpha value is -2.56. The van der Waals surface area contributed by atoms with Gasteiger partial charge < -0.3 is 14.8 Å². The molecule has 0 radical (unpaired) electrons. The molecule has 0 atom stereocenters. The molecule has 2 rings (SSSR count). The highest BCUT2D eigenvalue weighted by atomic mass is 32.1. The molecule has 0 saturated heterocycles. The number of nitrogens with zero attached hydrogens (tertiary/aromatic N) is 2. The van der Waals surface area contributed by atoms with Crippen LogP contribution in [0, 0.1) is 11.3 Å². The molecule has 0 aliphatic rings. The summed E-state index contributed by atoms with van der Waals surface area (Å²) in [5.74, 6) is 1.17. The first-order chi connectivity index (χ1) is 11.6. The van der Waals surface area contributed by atoms with E-state index in [1.54, 1.807) is 25.7 Å². The molecule has 0 unspecified atom stereocenters. The maximum atomic E-state index is 12.1. The zero-order valence-electron chi connectivity index (χ0n) is 13.8. The van der Waals surface area contributed by atoms with E-state index in [0.29, 0.717) is 28.6 Å². The monoisotopic (exact) mass is 345 g/mol. The van der Waals surface area contributed by atoms with E-state index in [2.05, 4.69) is 11.4 Å². The summed E-state index contributed by atoms with van der Waals surface area (Å²) in [6.45, 7) is 0.806. The molecule has 1 aromatic carbocycles. The van der Waals surface area contributed by atoms with Crippen molar-refractivity contribution >= 4 is 22.2 Å². The van der Waals surface area contributed by atoms with Gasteiger partial charge in [-0.1, -0.05) is 6.07 Å². The molecule has 126 valence electrons. The van der Waals surface area contributed by atoms with Gasteiger partial charge in [0.1, 0.15) is 11.1 Å². The molecule has 24 heavy (non-hydrogen) atoms. The van der Waals surface area contributed by atoms with Gasteiger partial charge in [0, 0.05) is 6.54 Å². The van der Waals surface area contributed by atoms with Crippen LogP contribution >= 0.6 is 11.3 Å². The van der Waals surface area contributed by atoms with Crippen molar-refractivity contribution in [2.45, 2.75) is 6.54 Å². The highest BCUT2D eigenvalue weighted by Gasteiger charge is 2.12. The number of thiophene rings is 1. The standard InChI is InChI=1S/C17H19N3O3S/c1-20(10-12-4-5-14(22-2)15(8-12)23-3)11-16(21)19-17-13(9-18)6-7-24-17/h4-8H,10-11H2,1-3H3,(H,19,21). The Morgan fingerprint density at radius 2 is 2.04 bits per heavy atom. The van der Waals surface area contributed by atoms with Crippen LogP contribution in [0.15, 0.2) is 29.6 Å². The second-order valence-corrected chi connectivity index (χ2v) is 6.10. The zero-order chi connectivity index (χ0) is 17.5. The summed E-state index contributed by atoms with van der Waals surface area (Å²) in [5, 5.41) is 14.1. The SMILES string of the molecule is COc1ccc(CN(C)CC(=O)Nc2sccc2C#N)cc1OC. The minimum absolute atomic E-state index is 0.156. The minimum Gasteiger partial charge on any atom is -0.493 e. The predicted octanol–water partition coefficient (Wildman–Crippen LogP) is 2.71. The van der Waals surface area contributed by atoms with Gasteiger partial charge >= 0.3 is 0 Å². The van der Waals surface area contributed by atoms with Crippen LogP contribution < -0.4 is 14.8 Å². The van der Waals surface area contributed by atoms with Crippen molar-refractivity contribution in [3.8, 4) is 17.6 Å². The smallest absolute Gasteiger partial charge is 0.239 e. The second kappa shape index (κ2) is 8.34. The van der Waals surface area contributed by atoms with Crippen molar-refractivity contribution in [1.82, 2.24) is 4.90 Å². The summed E-state index contributed by atoms with van der Waals surface area (Å²) in [7, 11) is 5.04. The summed E-state index contributed by atoms with van der Waals surface area (Å²) < 4.78 is 10.5. The number of likely N-dealkylation sites (N-methyl/N-ethyl adjacent to an activating group) is 1. The first-order valence-corrected chi connectivity index (χ1v) is 8.12. The number of nitriles is 1. The molecule has 1 amide bonds. The van der Waals surface area contributed by atoms with Gasteiger partial charge in [-0.15, -0.1) is 11.3 Å². The Kier molecular flexibility index (Phi) is 6.18. The van der Waals surface area contributed by atoms with Gasteiger partial charge in [-0.25, -0.2) is 0 Å². The summed E-state index contributed by atoms with van der Waals surface area (Å²) >= 11 is 1.34. The molecule has 1 N–H and O–H groups in total. The first kappa shape index (κ1) is 17.8. The number of hydrogen-bond acceptors (Lipinski definition) is 6. The van der Waals surface area contributed by atoms with Crippen molar-refractivity contribution in [2.75, 3.05) is 33.1 Å². The van der Waals surface area contributed by atoms with E-state index < -0.39 is 0 Å². The van der Waals surface area contributed by atoms with Crippen LogP contribution in [0.5, 0.6) is 11.5 Å². The number of rotatable bonds is 7. The lowest BCUT2D eigenvalue weighted by Gasteiger charge is -2.17. The van der Waals surface area contributed by atoms with Crippen LogP contribution in [0.25, 0.3) is 0 Å². The molecular formula is C17H19N3O3S. The average Bonchev–Trinajstić information content (AvgIpc) is 3.01. The van der Waals surface area contributed by atoms with Gasteiger partial charge in [0.25, 0.3) is 0 Å². The van der Waals surface area contributed by atoms with Gasteiger partial charge in [-0.2, -0.15) is 5.26 Å².